The highest BCUT2D eigenvalue weighted by Crippen LogP contribution is 2.23. The number of hydrogen-bond acceptors (Lipinski definition) is 5. The quantitative estimate of drug-likeness (QED) is 0.626. The zero-order valence-corrected chi connectivity index (χ0v) is 17.9. The summed E-state index contributed by atoms with van der Waals surface area (Å²) < 4.78 is 4.02. The molecular formula is C19H20Cl2N6O3. The maximum Gasteiger partial charge on any atom is 0.332 e. The highest BCUT2D eigenvalue weighted by Gasteiger charge is 2.25. The highest BCUT2D eigenvalue weighted by atomic mass is 35.5. The molecule has 2 aromatic heterocycles. The van der Waals surface area contributed by atoms with Gasteiger partial charge in [-0.25, -0.2) is 4.79 Å². The smallest absolute Gasteiger partial charge is 0.332 e. The number of anilines is 1. The van der Waals surface area contributed by atoms with Crippen LogP contribution in [-0.2, 0) is 25.4 Å². The van der Waals surface area contributed by atoms with Gasteiger partial charge in [0.15, 0.2) is 11.2 Å². The maximum atomic E-state index is 13.2. The summed E-state index contributed by atoms with van der Waals surface area (Å²) in [5, 5.41) is 6.63. The van der Waals surface area contributed by atoms with E-state index in [9.17, 15) is 14.4 Å². The normalized spacial score (nSPS) is 16.7. The van der Waals surface area contributed by atoms with Crippen LogP contribution in [0.2, 0.25) is 10.0 Å². The molecule has 30 heavy (non-hydrogen) atoms. The van der Waals surface area contributed by atoms with E-state index in [1.165, 1.54) is 4.57 Å². The van der Waals surface area contributed by atoms with Crippen LogP contribution in [0.4, 0.5) is 5.95 Å². The number of hydrogen-bond donors (Lipinski definition) is 2. The van der Waals surface area contributed by atoms with Gasteiger partial charge in [-0.2, -0.15) is 4.98 Å². The second-order valence-corrected chi connectivity index (χ2v) is 8.09. The molecule has 0 aliphatic carbocycles. The molecule has 0 spiro atoms. The number of aryl methyl sites for hydroxylation is 2. The molecule has 1 fully saturated rings. The lowest BCUT2D eigenvalue weighted by Gasteiger charge is -2.23. The van der Waals surface area contributed by atoms with Crippen LogP contribution in [0.25, 0.3) is 11.2 Å². The van der Waals surface area contributed by atoms with Crippen LogP contribution in [0.1, 0.15) is 18.4 Å². The van der Waals surface area contributed by atoms with Crippen molar-refractivity contribution in [3.05, 3.63) is 54.6 Å². The number of nitrogens with zero attached hydrogens (tertiary/aromatic N) is 4. The topological polar surface area (TPSA) is 103 Å². The van der Waals surface area contributed by atoms with E-state index in [4.69, 9.17) is 23.2 Å². The van der Waals surface area contributed by atoms with Gasteiger partial charge in [0.2, 0.25) is 11.9 Å². The van der Waals surface area contributed by atoms with Crippen molar-refractivity contribution < 1.29 is 4.79 Å². The Kier molecular flexibility index (Phi) is 5.33. The number of aromatic nitrogens is 4. The average molecular weight is 451 g/mol. The third-order valence-corrected chi connectivity index (χ3v) is 6.01. The van der Waals surface area contributed by atoms with Crippen molar-refractivity contribution in [3.8, 4) is 0 Å². The van der Waals surface area contributed by atoms with Crippen molar-refractivity contribution in [1.82, 2.24) is 24.0 Å². The molecule has 1 amide bonds. The SMILES string of the molecule is Cn1c(NC2CCCNC2=O)nc2c1c(=O)n(Cc1ccc(Cl)c(Cl)c1)c(=O)n2C. The van der Waals surface area contributed by atoms with E-state index in [1.54, 1.807) is 36.9 Å². The third-order valence-electron chi connectivity index (χ3n) is 5.27. The standard InChI is InChI=1S/C19H20Cl2N6O3/c1-25-14-15(24-18(25)23-13-4-3-7-22-16(13)28)26(2)19(30)27(17(14)29)9-10-5-6-11(20)12(21)8-10/h5-6,8,13H,3-4,7,9H2,1-2H3,(H,22,28)(H,23,24). The number of carbonyl (C=O) groups excluding carboxylic acids is 1. The van der Waals surface area contributed by atoms with E-state index in [1.807, 2.05) is 0 Å². The van der Waals surface area contributed by atoms with E-state index < -0.39 is 17.3 Å². The van der Waals surface area contributed by atoms with Crippen LogP contribution in [0.15, 0.2) is 27.8 Å². The molecule has 1 aliphatic rings. The first kappa shape index (κ1) is 20.5. The fraction of sp³-hybridized carbons (Fsp3) is 0.368. The lowest BCUT2D eigenvalue weighted by atomic mass is 10.1. The Morgan fingerprint density at radius 1 is 1.17 bits per heavy atom. The third kappa shape index (κ3) is 3.48. The van der Waals surface area contributed by atoms with Crippen LogP contribution in [-0.4, -0.2) is 37.2 Å². The summed E-state index contributed by atoms with van der Waals surface area (Å²) in [5.41, 5.74) is 0.198. The van der Waals surface area contributed by atoms with Gasteiger partial charge in [-0.1, -0.05) is 29.3 Å². The Balaban J connectivity index is 1.79. The molecule has 3 aromatic rings. The van der Waals surface area contributed by atoms with Crippen molar-refractivity contribution in [2.45, 2.75) is 25.4 Å². The number of imidazole rings is 1. The van der Waals surface area contributed by atoms with E-state index in [2.05, 4.69) is 15.6 Å². The minimum atomic E-state index is -0.501. The average Bonchev–Trinajstić information content (AvgIpc) is 3.04. The monoisotopic (exact) mass is 450 g/mol. The summed E-state index contributed by atoms with van der Waals surface area (Å²) >= 11 is 12.0. The summed E-state index contributed by atoms with van der Waals surface area (Å²) in [6.07, 6.45) is 1.51. The molecule has 0 bridgehead atoms. The van der Waals surface area contributed by atoms with Crippen molar-refractivity contribution in [3.63, 3.8) is 0 Å². The molecule has 0 saturated carbocycles. The Hall–Kier alpha value is -2.78. The number of fused-ring (bicyclic) bond motifs is 1. The Morgan fingerprint density at radius 3 is 2.63 bits per heavy atom. The van der Waals surface area contributed by atoms with Crippen LogP contribution in [0.5, 0.6) is 0 Å². The first-order valence-corrected chi connectivity index (χ1v) is 10.2. The molecule has 2 N–H and O–H groups in total. The zero-order valence-electron chi connectivity index (χ0n) is 16.4. The van der Waals surface area contributed by atoms with E-state index in [0.717, 1.165) is 11.0 Å². The summed E-state index contributed by atoms with van der Waals surface area (Å²) in [5.74, 6) is 0.241. The molecule has 3 heterocycles. The fourth-order valence-electron chi connectivity index (χ4n) is 3.60. The Morgan fingerprint density at radius 2 is 1.93 bits per heavy atom. The molecule has 9 nitrogen and oxygen atoms in total. The lowest BCUT2D eigenvalue weighted by molar-refractivity contribution is -0.123. The Bertz CT molecular complexity index is 1280. The highest BCUT2D eigenvalue weighted by molar-refractivity contribution is 6.42. The van der Waals surface area contributed by atoms with Crippen LogP contribution < -0.4 is 21.9 Å². The number of halogens is 2. The molecule has 1 atom stereocenters. The predicted molar refractivity (Wildman–Crippen MR) is 115 cm³/mol. The van der Waals surface area contributed by atoms with Crippen molar-refractivity contribution in [1.29, 1.82) is 0 Å². The first-order chi connectivity index (χ1) is 14.3. The summed E-state index contributed by atoms with van der Waals surface area (Å²) in [7, 11) is 3.23. The fourth-order valence-corrected chi connectivity index (χ4v) is 3.92. The number of carbonyl (C=O) groups is 1. The van der Waals surface area contributed by atoms with Gasteiger partial charge < -0.3 is 15.2 Å². The molecule has 0 radical (unpaired) electrons. The summed E-state index contributed by atoms with van der Waals surface area (Å²) in [6, 6.07) is 4.51. The van der Waals surface area contributed by atoms with Gasteiger partial charge >= 0.3 is 5.69 Å². The van der Waals surface area contributed by atoms with Gasteiger partial charge in [-0.05, 0) is 30.5 Å². The molecule has 158 valence electrons. The number of rotatable bonds is 4. The van der Waals surface area contributed by atoms with Crippen LogP contribution in [0, 0.1) is 0 Å². The van der Waals surface area contributed by atoms with Gasteiger partial charge in [0.1, 0.15) is 6.04 Å². The van der Waals surface area contributed by atoms with Crippen molar-refractivity contribution >= 4 is 46.2 Å². The summed E-state index contributed by atoms with van der Waals surface area (Å²) in [4.78, 5) is 42.5. The maximum absolute atomic E-state index is 13.2. The number of piperidine rings is 1. The van der Waals surface area contributed by atoms with Crippen molar-refractivity contribution in [2.24, 2.45) is 14.1 Å². The van der Waals surface area contributed by atoms with Crippen LogP contribution in [0.3, 0.4) is 0 Å². The molecule has 1 unspecified atom stereocenters. The second-order valence-electron chi connectivity index (χ2n) is 7.28. The van der Waals surface area contributed by atoms with Gasteiger partial charge in [-0.3, -0.25) is 18.7 Å². The number of nitrogens with one attached hydrogen (secondary N) is 2. The molecule has 1 saturated heterocycles. The second kappa shape index (κ2) is 7.81. The summed E-state index contributed by atoms with van der Waals surface area (Å²) in [6.45, 7) is 0.685. The van der Waals surface area contributed by atoms with Gasteiger partial charge in [-0.15, -0.1) is 0 Å². The lowest BCUT2D eigenvalue weighted by Crippen LogP contribution is -2.44. The minimum Gasteiger partial charge on any atom is -0.354 e. The molecule has 1 aromatic carbocycles. The van der Waals surface area contributed by atoms with Crippen LogP contribution >= 0.6 is 23.2 Å². The zero-order chi connectivity index (χ0) is 21.6. The Labute approximate surface area is 181 Å². The minimum absolute atomic E-state index is 0.0390. The largest absolute Gasteiger partial charge is 0.354 e. The molecule has 11 heteroatoms. The first-order valence-electron chi connectivity index (χ1n) is 9.42. The number of amides is 1. The number of benzene rings is 1. The van der Waals surface area contributed by atoms with E-state index >= 15 is 0 Å². The van der Waals surface area contributed by atoms with Crippen molar-refractivity contribution in [2.75, 3.05) is 11.9 Å². The van der Waals surface area contributed by atoms with E-state index in [0.29, 0.717) is 34.5 Å². The van der Waals surface area contributed by atoms with E-state index in [-0.39, 0.29) is 23.6 Å². The molecular weight excluding hydrogens is 431 g/mol. The van der Waals surface area contributed by atoms with Gasteiger partial charge in [0.25, 0.3) is 5.56 Å². The predicted octanol–water partition coefficient (Wildman–Crippen LogP) is 1.48. The molecule has 1 aliphatic heterocycles. The van der Waals surface area contributed by atoms with Gasteiger partial charge in [0, 0.05) is 20.6 Å². The van der Waals surface area contributed by atoms with Gasteiger partial charge in [0.05, 0.1) is 16.6 Å². The molecule has 4 rings (SSSR count).